The van der Waals surface area contributed by atoms with E-state index in [0.29, 0.717) is 38.1 Å². The molecule has 9 heteroatoms. The van der Waals surface area contributed by atoms with Gasteiger partial charge in [-0.2, -0.15) is 0 Å². The fourth-order valence-corrected chi connectivity index (χ4v) is 6.37. The lowest BCUT2D eigenvalue weighted by atomic mass is 9.85. The van der Waals surface area contributed by atoms with Gasteiger partial charge in [0.1, 0.15) is 6.26 Å². The van der Waals surface area contributed by atoms with Crippen LogP contribution in [-0.2, 0) is 14.8 Å². The molecular formula is C26H30N4O4S. The molecule has 2 aromatic carbocycles. The number of carbonyl (C=O) groups excluding carboxylic acids is 1. The van der Waals surface area contributed by atoms with Gasteiger partial charge in [0.25, 0.3) is 0 Å². The van der Waals surface area contributed by atoms with Gasteiger partial charge in [0.15, 0.2) is 0 Å². The highest BCUT2D eigenvalue weighted by atomic mass is 32.2. The summed E-state index contributed by atoms with van der Waals surface area (Å²) in [5.41, 5.74) is 1.86. The first-order chi connectivity index (χ1) is 17.0. The zero-order valence-electron chi connectivity index (χ0n) is 19.5. The molecule has 2 aliphatic rings. The Balaban J connectivity index is 1.19. The maximum atomic E-state index is 13.4. The molecule has 2 N–H and O–H groups in total. The second-order valence-electron chi connectivity index (χ2n) is 9.19. The Kier molecular flexibility index (Phi) is 6.99. The number of piperazine rings is 1. The van der Waals surface area contributed by atoms with Crippen LogP contribution in [0.3, 0.4) is 0 Å². The zero-order chi connectivity index (χ0) is 24.3. The molecule has 5 rings (SSSR count). The molecular weight excluding hydrogens is 464 g/mol. The summed E-state index contributed by atoms with van der Waals surface area (Å²) in [5.74, 6) is 0.563. The minimum absolute atomic E-state index is 0.0352. The lowest BCUT2D eigenvalue weighted by Crippen LogP contribution is -2.51. The van der Waals surface area contributed by atoms with Crippen LogP contribution in [0.15, 0.2) is 76.4 Å². The summed E-state index contributed by atoms with van der Waals surface area (Å²) < 4.78 is 34.0. The molecule has 1 saturated heterocycles. The monoisotopic (exact) mass is 494 g/mol. The van der Waals surface area contributed by atoms with Gasteiger partial charge in [0.05, 0.1) is 17.1 Å². The first kappa shape index (κ1) is 23.7. The van der Waals surface area contributed by atoms with Crippen molar-refractivity contribution >= 4 is 15.9 Å². The average molecular weight is 495 g/mol. The van der Waals surface area contributed by atoms with Crippen LogP contribution in [0.25, 0.3) is 11.5 Å². The minimum atomic E-state index is -3.65. The van der Waals surface area contributed by atoms with Gasteiger partial charge in [-0.3, -0.25) is 4.79 Å². The predicted octanol–water partition coefficient (Wildman–Crippen LogP) is 3.35. The third kappa shape index (κ3) is 5.32. The van der Waals surface area contributed by atoms with Crippen molar-refractivity contribution < 1.29 is 17.6 Å². The number of nitrogens with one attached hydrogen (secondary N) is 2. The van der Waals surface area contributed by atoms with Crippen LogP contribution in [0, 0.1) is 5.92 Å². The first-order valence-electron chi connectivity index (χ1n) is 12.1. The molecule has 1 aromatic heterocycles. The van der Waals surface area contributed by atoms with Crippen LogP contribution in [0.1, 0.15) is 37.3 Å². The van der Waals surface area contributed by atoms with Gasteiger partial charge >= 0.3 is 0 Å². The number of hydrogen-bond donors (Lipinski definition) is 2. The summed E-state index contributed by atoms with van der Waals surface area (Å²) >= 11 is 0. The normalized spacial score (nSPS) is 23.2. The Hall–Kier alpha value is -3.01. The molecule has 3 aromatic rings. The molecule has 2 fully saturated rings. The van der Waals surface area contributed by atoms with Gasteiger partial charge in [-0.15, -0.1) is 0 Å². The smallest absolute Gasteiger partial charge is 0.240 e. The Labute approximate surface area is 205 Å². The van der Waals surface area contributed by atoms with E-state index in [2.05, 4.69) is 27.2 Å². The molecule has 1 aliphatic carbocycles. The predicted molar refractivity (Wildman–Crippen MR) is 132 cm³/mol. The molecule has 35 heavy (non-hydrogen) atoms. The van der Waals surface area contributed by atoms with E-state index in [0.717, 1.165) is 24.2 Å². The van der Waals surface area contributed by atoms with Crippen molar-refractivity contribution in [1.82, 2.24) is 19.9 Å². The van der Waals surface area contributed by atoms with Crippen LogP contribution >= 0.6 is 0 Å². The number of amides is 1. The number of benzene rings is 2. The van der Waals surface area contributed by atoms with Gasteiger partial charge in [-0.05, 0) is 55.5 Å². The van der Waals surface area contributed by atoms with Crippen LogP contribution < -0.4 is 10.0 Å². The number of aromatic nitrogens is 1. The maximum absolute atomic E-state index is 13.4. The topological polar surface area (TPSA) is 105 Å². The molecule has 184 valence electrons. The largest absolute Gasteiger partial charge is 0.445 e. The number of nitrogens with zero attached hydrogens (tertiary/aromatic N) is 2. The summed E-state index contributed by atoms with van der Waals surface area (Å²) in [5, 5.41) is 3.40. The molecule has 0 radical (unpaired) electrons. The van der Waals surface area contributed by atoms with Crippen LogP contribution in [0.2, 0.25) is 0 Å². The highest BCUT2D eigenvalue weighted by Gasteiger charge is 2.35. The molecule has 2 heterocycles. The van der Waals surface area contributed by atoms with Gasteiger partial charge < -0.3 is 14.6 Å². The molecule has 0 bridgehead atoms. The SMILES string of the molecule is O=C([C@H]1CC[C@H](NS(=O)(=O)c2ccc(-c3ncco3)cc2)CC1)N1CCNC[C@@H]1c1ccccc1. The lowest BCUT2D eigenvalue weighted by molar-refractivity contribution is -0.140. The van der Waals surface area contributed by atoms with E-state index in [1.165, 1.54) is 6.26 Å². The summed E-state index contributed by atoms with van der Waals surface area (Å²) in [6.45, 7) is 2.23. The van der Waals surface area contributed by atoms with Crippen LogP contribution in [0.4, 0.5) is 0 Å². The number of sulfonamides is 1. The Bertz CT molecular complexity index is 1220. The van der Waals surface area contributed by atoms with Crippen molar-refractivity contribution in [2.75, 3.05) is 19.6 Å². The Morgan fingerprint density at radius 1 is 1.03 bits per heavy atom. The molecule has 1 atom stereocenters. The number of oxazole rings is 1. The van der Waals surface area contributed by atoms with E-state index in [-0.39, 0.29) is 28.8 Å². The highest BCUT2D eigenvalue weighted by Crippen LogP contribution is 2.31. The first-order valence-corrected chi connectivity index (χ1v) is 13.6. The van der Waals surface area contributed by atoms with E-state index in [4.69, 9.17) is 4.42 Å². The van der Waals surface area contributed by atoms with E-state index < -0.39 is 10.0 Å². The van der Waals surface area contributed by atoms with Crippen molar-refractivity contribution in [2.24, 2.45) is 5.92 Å². The second kappa shape index (κ2) is 10.3. The quantitative estimate of drug-likeness (QED) is 0.545. The van der Waals surface area contributed by atoms with Crippen LogP contribution in [0.5, 0.6) is 0 Å². The van der Waals surface area contributed by atoms with Gasteiger partial charge in [0.2, 0.25) is 21.8 Å². The van der Waals surface area contributed by atoms with Gasteiger partial charge in [-0.1, -0.05) is 30.3 Å². The standard InChI is InChI=1S/C26H30N4O4S/c31-26(30-16-14-27-18-24(30)19-4-2-1-3-5-19)21-6-10-22(11-7-21)29-35(32,33)23-12-8-20(9-13-23)25-28-15-17-34-25/h1-5,8-9,12-13,15,17,21-22,24,27,29H,6-7,10-11,14,16,18H2/t21-,22-,24-/m1/s1. The van der Waals surface area contributed by atoms with Gasteiger partial charge in [0, 0.05) is 37.2 Å². The van der Waals surface area contributed by atoms with E-state index in [1.54, 1.807) is 30.5 Å². The minimum Gasteiger partial charge on any atom is -0.445 e. The maximum Gasteiger partial charge on any atom is 0.240 e. The van der Waals surface area contributed by atoms with E-state index >= 15 is 0 Å². The third-order valence-corrected chi connectivity index (χ3v) is 8.49. The van der Waals surface area contributed by atoms with Crippen molar-refractivity contribution in [3.63, 3.8) is 0 Å². The highest BCUT2D eigenvalue weighted by molar-refractivity contribution is 7.89. The molecule has 1 saturated carbocycles. The summed E-state index contributed by atoms with van der Waals surface area (Å²) in [4.78, 5) is 19.7. The van der Waals surface area contributed by atoms with Crippen molar-refractivity contribution in [3.8, 4) is 11.5 Å². The summed E-state index contributed by atoms with van der Waals surface area (Å²) in [6, 6.07) is 16.5. The second-order valence-corrected chi connectivity index (χ2v) is 10.9. The van der Waals surface area contributed by atoms with Gasteiger partial charge in [-0.25, -0.2) is 18.1 Å². The number of rotatable bonds is 6. The lowest BCUT2D eigenvalue weighted by Gasteiger charge is -2.40. The van der Waals surface area contributed by atoms with Crippen molar-refractivity contribution in [3.05, 3.63) is 72.6 Å². The molecule has 1 aliphatic heterocycles. The Morgan fingerprint density at radius 3 is 2.46 bits per heavy atom. The summed E-state index contributed by atoms with van der Waals surface area (Å²) in [6.07, 6.45) is 5.68. The fraction of sp³-hybridized carbons (Fsp3) is 0.385. The fourth-order valence-electron chi connectivity index (χ4n) is 5.06. The molecule has 0 unspecified atom stereocenters. The van der Waals surface area contributed by atoms with Crippen molar-refractivity contribution in [1.29, 1.82) is 0 Å². The number of hydrogen-bond acceptors (Lipinski definition) is 6. The Morgan fingerprint density at radius 2 is 1.77 bits per heavy atom. The zero-order valence-corrected chi connectivity index (χ0v) is 20.3. The van der Waals surface area contributed by atoms with Crippen LogP contribution in [-0.4, -0.2) is 49.9 Å². The summed E-state index contributed by atoms with van der Waals surface area (Å²) in [7, 11) is -3.65. The molecule has 0 spiro atoms. The molecule has 1 amide bonds. The van der Waals surface area contributed by atoms with E-state index in [1.807, 2.05) is 23.1 Å². The molecule has 8 nitrogen and oxygen atoms in total. The average Bonchev–Trinajstić information content (AvgIpc) is 3.44. The number of carbonyl (C=O) groups is 1. The van der Waals surface area contributed by atoms with E-state index in [9.17, 15) is 13.2 Å². The van der Waals surface area contributed by atoms with Crippen molar-refractivity contribution in [2.45, 2.75) is 42.7 Å². The third-order valence-electron chi connectivity index (χ3n) is 6.95.